The van der Waals surface area contributed by atoms with Gasteiger partial charge in [0.05, 0.1) is 12.3 Å². The van der Waals surface area contributed by atoms with Crippen molar-refractivity contribution >= 4 is 23.5 Å². The second-order valence-corrected chi connectivity index (χ2v) is 13.2. The zero-order chi connectivity index (χ0) is 30.2. The first-order valence-corrected chi connectivity index (χ1v) is 14.8. The molecule has 226 valence electrons. The van der Waals surface area contributed by atoms with Gasteiger partial charge in [-0.15, -0.1) is 6.42 Å². The van der Waals surface area contributed by atoms with Crippen molar-refractivity contribution in [1.82, 2.24) is 10.6 Å². The molecule has 10 nitrogen and oxygen atoms in total. The van der Waals surface area contributed by atoms with Crippen molar-refractivity contribution in [2.24, 2.45) is 39.7 Å². The number of nitrogens with zero attached hydrogens (tertiary/aromatic N) is 1. The summed E-state index contributed by atoms with van der Waals surface area (Å²) in [4.78, 5) is 41.5. The number of hydrogen-bond acceptors (Lipinski definition) is 7. The van der Waals surface area contributed by atoms with Crippen molar-refractivity contribution < 1.29 is 34.5 Å². The Morgan fingerprint density at radius 3 is 2.46 bits per heavy atom. The molecule has 0 aromatic heterocycles. The number of allylic oxidation sites excluding steroid dienone is 2. The number of carbonyl (C=O) groups is 3. The van der Waals surface area contributed by atoms with Gasteiger partial charge in [0, 0.05) is 5.41 Å². The lowest BCUT2D eigenvalue weighted by Crippen LogP contribution is -2.55. The molecule has 0 unspecified atom stereocenters. The van der Waals surface area contributed by atoms with Gasteiger partial charge in [-0.05, 0) is 86.5 Å². The van der Waals surface area contributed by atoms with Crippen LogP contribution in [0.5, 0.6) is 0 Å². The van der Waals surface area contributed by atoms with Crippen LogP contribution in [0.25, 0.3) is 0 Å². The van der Waals surface area contributed by atoms with Crippen molar-refractivity contribution in [3.63, 3.8) is 0 Å². The van der Waals surface area contributed by atoms with Crippen molar-refractivity contribution in [2.75, 3.05) is 13.2 Å². The number of oxime groups is 1. The van der Waals surface area contributed by atoms with E-state index in [-0.39, 0.29) is 23.4 Å². The van der Waals surface area contributed by atoms with Crippen molar-refractivity contribution in [3.8, 4) is 12.3 Å². The number of carboxylic acid groups (broad SMARTS) is 1. The normalized spacial score (nSPS) is 36.6. The van der Waals surface area contributed by atoms with Gasteiger partial charge >= 0.3 is 5.97 Å². The third-order valence-corrected chi connectivity index (χ3v) is 10.8. The summed E-state index contributed by atoms with van der Waals surface area (Å²) in [7, 11) is 0. The van der Waals surface area contributed by atoms with Gasteiger partial charge in [0.15, 0.2) is 6.61 Å². The quantitative estimate of drug-likeness (QED) is 0.210. The monoisotopic (exact) mass is 571 g/mol. The number of terminal acetylenes is 1. The fraction of sp³-hybridized carbons (Fsp3) is 0.742. The summed E-state index contributed by atoms with van der Waals surface area (Å²) in [6.07, 6.45) is 15.3. The number of rotatable bonds is 9. The first-order chi connectivity index (χ1) is 19.3. The molecule has 4 aliphatic carbocycles. The molecule has 0 aromatic rings. The molecule has 10 heteroatoms. The van der Waals surface area contributed by atoms with Gasteiger partial charge in [0.1, 0.15) is 17.7 Å². The number of fused-ring (bicyclic) bond motifs is 5. The molecule has 3 fully saturated rings. The smallest absolute Gasteiger partial charge is 0.328 e. The predicted molar refractivity (Wildman–Crippen MR) is 152 cm³/mol. The fourth-order valence-corrected chi connectivity index (χ4v) is 8.27. The summed E-state index contributed by atoms with van der Waals surface area (Å²) in [6.45, 7) is 6.86. The van der Waals surface area contributed by atoms with Crippen LogP contribution in [0.15, 0.2) is 16.8 Å². The minimum Gasteiger partial charge on any atom is -0.480 e. The van der Waals surface area contributed by atoms with Crippen LogP contribution in [0.3, 0.4) is 0 Å². The van der Waals surface area contributed by atoms with Gasteiger partial charge in [0.25, 0.3) is 5.91 Å². The Morgan fingerprint density at radius 2 is 1.83 bits per heavy atom. The third kappa shape index (κ3) is 5.63. The van der Waals surface area contributed by atoms with E-state index < -0.39 is 42.1 Å². The van der Waals surface area contributed by atoms with Crippen LogP contribution in [0.4, 0.5) is 0 Å². The van der Waals surface area contributed by atoms with Gasteiger partial charge in [-0.25, -0.2) is 4.79 Å². The first kappa shape index (κ1) is 31.0. The second-order valence-electron chi connectivity index (χ2n) is 13.2. The largest absolute Gasteiger partial charge is 0.480 e. The average Bonchev–Trinajstić information content (AvgIpc) is 3.20. The average molecular weight is 572 g/mol. The molecular formula is C31H45N3O7. The summed E-state index contributed by atoms with van der Waals surface area (Å²) in [5.41, 5.74) is 1.01. The Morgan fingerprint density at radius 1 is 1.12 bits per heavy atom. The molecule has 0 saturated heterocycles. The molecule has 4 aliphatic rings. The van der Waals surface area contributed by atoms with E-state index in [1.165, 1.54) is 5.57 Å². The summed E-state index contributed by atoms with van der Waals surface area (Å²) < 4.78 is 0. The zero-order valence-electron chi connectivity index (χ0n) is 24.6. The highest BCUT2D eigenvalue weighted by molar-refractivity contribution is 5.96. The molecule has 41 heavy (non-hydrogen) atoms. The van der Waals surface area contributed by atoms with Gasteiger partial charge in [-0.1, -0.05) is 44.3 Å². The molecule has 5 N–H and O–H groups in total. The van der Waals surface area contributed by atoms with Crippen LogP contribution in [-0.2, 0) is 19.2 Å². The Kier molecular flexibility index (Phi) is 8.91. The maximum Gasteiger partial charge on any atom is 0.328 e. The maximum atomic E-state index is 12.5. The van der Waals surface area contributed by atoms with Crippen LogP contribution in [0, 0.1) is 46.8 Å². The van der Waals surface area contributed by atoms with Crippen LogP contribution in [-0.4, -0.2) is 69.7 Å². The Hall–Kier alpha value is -2.90. The van der Waals surface area contributed by atoms with E-state index in [4.69, 9.17) is 21.5 Å². The lowest BCUT2D eigenvalue weighted by atomic mass is 9.46. The van der Waals surface area contributed by atoms with E-state index in [0.29, 0.717) is 24.2 Å². The SMILES string of the molecule is C#C[C@@]1(O)CC[C@@H]2[C@@H]3CCC4=C/C(=N/OCC(=O)N[C@H](C(=O)N[C@H](CO)C(=O)O)C(C)C)CC[C@]4(C)[C@@H]3CC[C@@]21C. The number of aliphatic hydroxyl groups excluding tert-OH is 1. The Labute approximate surface area is 242 Å². The maximum absolute atomic E-state index is 12.5. The van der Waals surface area contributed by atoms with Crippen LogP contribution < -0.4 is 10.6 Å². The molecule has 0 aromatic carbocycles. The summed E-state index contributed by atoms with van der Waals surface area (Å²) in [6, 6.07) is -2.44. The number of aliphatic carboxylic acids is 1. The van der Waals surface area contributed by atoms with Crippen LogP contribution >= 0.6 is 0 Å². The minimum atomic E-state index is -1.45. The fourth-order valence-electron chi connectivity index (χ4n) is 8.27. The third-order valence-electron chi connectivity index (χ3n) is 10.8. The van der Waals surface area contributed by atoms with Crippen molar-refractivity contribution in [1.29, 1.82) is 0 Å². The van der Waals surface area contributed by atoms with E-state index in [9.17, 15) is 19.5 Å². The minimum absolute atomic E-state index is 0.0672. The van der Waals surface area contributed by atoms with E-state index in [2.05, 4.69) is 41.6 Å². The standard InChI is InChI=1S/C31H45N3O7/c1-6-31(40)14-11-23-21-8-7-19-15-20(9-12-29(19,4)22(21)10-13-30(23,31)5)34-41-17-25(36)33-26(18(2)3)27(37)32-24(16-35)28(38)39/h1,15,18,21-24,26,35,40H,7-14,16-17H2,2-5H3,(H,32,37)(H,33,36)(H,38,39)/b34-20+/t21-,22-,23-,24-,26+,29+,30+,31-/m1/s1. The van der Waals surface area contributed by atoms with Crippen LogP contribution in [0.2, 0.25) is 0 Å². The lowest BCUT2D eigenvalue weighted by Gasteiger charge is -2.58. The lowest BCUT2D eigenvalue weighted by molar-refractivity contribution is -0.143. The number of carbonyl (C=O) groups excluding carboxylic acids is 2. The van der Waals surface area contributed by atoms with E-state index in [1.807, 2.05) is 0 Å². The van der Waals surface area contributed by atoms with Crippen LogP contribution in [0.1, 0.15) is 79.1 Å². The highest BCUT2D eigenvalue weighted by Gasteiger charge is 2.63. The number of nitrogens with one attached hydrogen (secondary N) is 2. The predicted octanol–water partition coefficient (Wildman–Crippen LogP) is 2.39. The molecule has 3 saturated carbocycles. The number of amides is 2. The molecule has 0 spiro atoms. The van der Waals surface area contributed by atoms with E-state index in [0.717, 1.165) is 50.7 Å². The molecule has 0 bridgehead atoms. The number of carboxylic acids is 1. The summed E-state index contributed by atoms with van der Waals surface area (Å²) >= 11 is 0. The second kappa shape index (κ2) is 11.8. The summed E-state index contributed by atoms with van der Waals surface area (Å²) in [5, 5.41) is 38.5. The number of hydrogen-bond donors (Lipinski definition) is 5. The Bertz CT molecular complexity index is 1160. The Balaban J connectivity index is 1.36. The van der Waals surface area contributed by atoms with Crippen molar-refractivity contribution in [2.45, 2.75) is 96.7 Å². The zero-order valence-corrected chi connectivity index (χ0v) is 24.6. The molecule has 8 atom stereocenters. The summed E-state index contributed by atoms with van der Waals surface area (Å²) in [5.74, 6) is 1.33. The molecule has 4 rings (SSSR count). The molecule has 0 heterocycles. The van der Waals surface area contributed by atoms with E-state index in [1.54, 1.807) is 13.8 Å². The topological polar surface area (TPSA) is 158 Å². The van der Waals surface area contributed by atoms with Gasteiger partial charge in [-0.3, -0.25) is 9.59 Å². The van der Waals surface area contributed by atoms with Gasteiger partial charge in [-0.2, -0.15) is 0 Å². The molecule has 2 amide bonds. The highest BCUT2D eigenvalue weighted by atomic mass is 16.6. The van der Waals surface area contributed by atoms with E-state index >= 15 is 0 Å². The molecule has 0 radical (unpaired) electrons. The molecule has 0 aliphatic heterocycles. The van der Waals surface area contributed by atoms with Gasteiger partial charge < -0.3 is 30.8 Å². The molecular weight excluding hydrogens is 526 g/mol. The highest BCUT2D eigenvalue weighted by Crippen LogP contribution is 2.67. The first-order valence-electron chi connectivity index (χ1n) is 14.8. The van der Waals surface area contributed by atoms with Crippen molar-refractivity contribution in [3.05, 3.63) is 11.6 Å². The number of aliphatic hydroxyl groups is 2. The van der Waals surface area contributed by atoms with Gasteiger partial charge in [0.2, 0.25) is 5.91 Å².